The quantitative estimate of drug-likeness (QED) is 0.674. The van der Waals surface area contributed by atoms with Crippen molar-refractivity contribution in [2.24, 2.45) is 0 Å². The van der Waals surface area contributed by atoms with Crippen LogP contribution in [0.25, 0.3) is 0 Å². The van der Waals surface area contributed by atoms with Crippen LogP contribution < -0.4 is 10.6 Å². The average Bonchev–Trinajstić information content (AvgIpc) is 2.74. The number of aromatic amines is 1. The van der Waals surface area contributed by atoms with Crippen LogP contribution >= 0.6 is 12.4 Å². The number of H-pyrrole nitrogens is 1. The molecule has 1 fully saturated rings. The van der Waals surface area contributed by atoms with Crippen molar-refractivity contribution in [3.8, 4) is 0 Å². The van der Waals surface area contributed by atoms with E-state index in [0.717, 1.165) is 19.5 Å². The molecule has 78 valence electrons. The lowest BCUT2D eigenvalue weighted by Crippen LogP contribution is -2.35. The predicted molar refractivity (Wildman–Crippen MR) is 56.8 cm³/mol. The van der Waals surface area contributed by atoms with E-state index in [4.69, 9.17) is 0 Å². The highest BCUT2D eigenvalue weighted by Crippen LogP contribution is 2.01. The third kappa shape index (κ3) is 2.49. The first-order valence-corrected chi connectivity index (χ1v) is 4.50. The summed E-state index contributed by atoms with van der Waals surface area (Å²) < 4.78 is 0. The molecule has 1 aromatic rings. The molecule has 1 aromatic heterocycles. The normalized spacial score (nSPS) is 20.1. The highest BCUT2D eigenvalue weighted by Gasteiger charge is 2.17. The molecule has 0 aromatic carbocycles. The van der Waals surface area contributed by atoms with Crippen LogP contribution in [-0.4, -0.2) is 30.0 Å². The Morgan fingerprint density at radius 1 is 1.57 bits per heavy atom. The van der Waals surface area contributed by atoms with Crippen molar-refractivity contribution in [3.63, 3.8) is 0 Å². The molecule has 1 atom stereocenters. The number of carbonyl (C=O) groups is 1. The monoisotopic (exact) mass is 215 g/mol. The molecule has 2 heterocycles. The van der Waals surface area contributed by atoms with Crippen LogP contribution in [0.3, 0.4) is 0 Å². The molecule has 0 spiro atoms. The fraction of sp³-hybridized carbons (Fsp3) is 0.444. The Morgan fingerprint density at radius 2 is 2.43 bits per heavy atom. The van der Waals surface area contributed by atoms with Gasteiger partial charge >= 0.3 is 0 Å². The second kappa shape index (κ2) is 5.02. The van der Waals surface area contributed by atoms with E-state index in [1.165, 1.54) is 0 Å². The Bertz CT molecular complexity index is 280. The van der Waals surface area contributed by atoms with Gasteiger partial charge in [0.2, 0.25) is 0 Å². The molecule has 1 amide bonds. The summed E-state index contributed by atoms with van der Waals surface area (Å²) in [5.41, 5.74) is 0.701. The van der Waals surface area contributed by atoms with Crippen LogP contribution in [0.4, 0.5) is 0 Å². The largest absolute Gasteiger partial charge is 0.367 e. The number of nitrogens with one attached hydrogen (secondary N) is 3. The van der Waals surface area contributed by atoms with Crippen molar-refractivity contribution in [1.29, 1.82) is 0 Å². The first-order valence-electron chi connectivity index (χ1n) is 4.50. The minimum atomic E-state index is 0. The van der Waals surface area contributed by atoms with Gasteiger partial charge in [0.25, 0.3) is 5.91 Å². The molecular weight excluding hydrogens is 202 g/mol. The van der Waals surface area contributed by atoms with E-state index in [2.05, 4.69) is 15.6 Å². The lowest BCUT2D eigenvalue weighted by Gasteiger charge is -2.09. The van der Waals surface area contributed by atoms with Gasteiger partial charge in [0.1, 0.15) is 0 Å². The van der Waals surface area contributed by atoms with Crippen molar-refractivity contribution in [3.05, 3.63) is 24.0 Å². The molecule has 1 saturated heterocycles. The van der Waals surface area contributed by atoms with Gasteiger partial charge in [-0.3, -0.25) is 4.79 Å². The molecular formula is C9H14ClN3O. The van der Waals surface area contributed by atoms with Crippen LogP contribution in [0.2, 0.25) is 0 Å². The molecule has 1 aliphatic heterocycles. The number of carbonyl (C=O) groups excluding carboxylic acids is 1. The standard InChI is InChI=1S/C9H13N3O.ClH/c13-9(7-1-3-10-5-7)12-8-2-4-11-6-8;/h1,3,5,8,10-11H,2,4,6H2,(H,12,13);1H. The maximum Gasteiger partial charge on any atom is 0.253 e. The van der Waals surface area contributed by atoms with Crippen LogP contribution in [-0.2, 0) is 0 Å². The van der Waals surface area contributed by atoms with Gasteiger partial charge in [-0.15, -0.1) is 12.4 Å². The topological polar surface area (TPSA) is 56.9 Å². The van der Waals surface area contributed by atoms with Gasteiger partial charge < -0.3 is 15.6 Å². The fourth-order valence-corrected chi connectivity index (χ4v) is 1.51. The van der Waals surface area contributed by atoms with E-state index >= 15 is 0 Å². The number of hydrogen-bond acceptors (Lipinski definition) is 2. The van der Waals surface area contributed by atoms with Crippen molar-refractivity contribution in [2.75, 3.05) is 13.1 Å². The summed E-state index contributed by atoms with van der Waals surface area (Å²) in [5.74, 6) is 0.00921. The Balaban J connectivity index is 0.000000980. The highest BCUT2D eigenvalue weighted by molar-refractivity contribution is 5.94. The van der Waals surface area contributed by atoms with E-state index < -0.39 is 0 Å². The molecule has 1 aliphatic rings. The van der Waals surface area contributed by atoms with Gasteiger partial charge in [-0.05, 0) is 19.0 Å². The van der Waals surface area contributed by atoms with Crippen LogP contribution in [0.5, 0.6) is 0 Å². The zero-order chi connectivity index (χ0) is 9.10. The van der Waals surface area contributed by atoms with E-state index in [9.17, 15) is 4.79 Å². The first-order chi connectivity index (χ1) is 6.36. The summed E-state index contributed by atoms with van der Waals surface area (Å²) in [6.07, 6.45) is 4.48. The summed E-state index contributed by atoms with van der Waals surface area (Å²) in [4.78, 5) is 14.4. The Morgan fingerprint density at radius 3 is 3.00 bits per heavy atom. The van der Waals surface area contributed by atoms with Crippen LogP contribution in [0, 0.1) is 0 Å². The number of hydrogen-bond donors (Lipinski definition) is 3. The highest BCUT2D eigenvalue weighted by atomic mass is 35.5. The number of aromatic nitrogens is 1. The summed E-state index contributed by atoms with van der Waals surface area (Å²) >= 11 is 0. The molecule has 0 radical (unpaired) electrons. The van der Waals surface area contributed by atoms with Crippen molar-refractivity contribution in [2.45, 2.75) is 12.5 Å². The van der Waals surface area contributed by atoms with Gasteiger partial charge in [0.15, 0.2) is 0 Å². The average molecular weight is 216 g/mol. The van der Waals surface area contributed by atoms with E-state index in [1.54, 1.807) is 18.5 Å². The minimum absolute atomic E-state index is 0. The maximum atomic E-state index is 11.5. The summed E-state index contributed by atoms with van der Waals surface area (Å²) in [6, 6.07) is 2.07. The molecule has 1 unspecified atom stereocenters. The summed E-state index contributed by atoms with van der Waals surface area (Å²) in [6.45, 7) is 1.88. The number of halogens is 1. The zero-order valence-electron chi connectivity index (χ0n) is 7.75. The summed E-state index contributed by atoms with van der Waals surface area (Å²) in [5, 5.41) is 6.16. The lowest BCUT2D eigenvalue weighted by molar-refractivity contribution is 0.0940. The molecule has 0 saturated carbocycles. The summed E-state index contributed by atoms with van der Waals surface area (Å²) in [7, 11) is 0. The van der Waals surface area contributed by atoms with Crippen molar-refractivity contribution >= 4 is 18.3 Å². The lowest BCUT2D eigenvalue weighted by atomic mass is 10.2. The molecule has 0 aliphatic carbocycles. The SMILES string of the molecule is Cl.O=C(NC1CCNC1)c1cc[nH]c1. The smallest absolute Gasteiger partial charge is 0.253 e. The molecule has 4 nitrogen and oxygen atoms in total. The van der Waals surface area contributed by atoms with Crippen LogP contribution in [0.1, 0.15) is 16.8 Å². The second-order valence-corrected chi connectivity index (χ2v) is 3.26. The van der Waals surface area contributed by atoms with E-state index in [-0.39, 0.29) is 18.3 Å². The second-order valence-electron chi connectivity index (χ2n) is 3.26. The van der Waals surface area contributed by atoms with Gasteiger partial charge in [-0.1, -0.05) is 0 Å². The van der Waals surface area contributed by atoms with Crippen molar-refractivity contribution < 1.29 is 4.79 Å². The third-order valence-electron chi connectivity index (χ3n) is 2.26. The number of rotatable bonds is 2. The molecule has 0 bridgehead atoms. The van der Waals surface area contributed by atoms with E-state index in [0.29, 0.717) is 11.6 Å². The predicted octanol–water partition coefficient (Wildman–Crippen LogP) is 0.528. The molecule has 5 heteroatoms. The third-order valence-corrected chi connectivity index (χ3v) is 2.26. The maximum absolute atomic E-state index is 11.5. The zero-order valence-corrected chi connectivity index (χ0v) is 8.56. The molecule has 2 rings (SSSR count). The van der Waals surface area contributed by atoms with Gasteiger partial charge in [0, 0.05) is 25.0 Å². The fourth-order valence-electron chi connectivity index (χ4n) is 1.51. The van der Waals surface area contributed by atoms with Gasteiger partial charge in [0.05, 0.1) is 5.56 Å². The van der Waals surface area contributed by atoms with Crippen LogP contribution in [0.15, 0.2) is 18.5 Å². The Labute approximate surface area is 88.9 Å². The first kappa shape index (κ1) is 11.1. The van der Waals surface area contributed by atoms with Gasteiger partial charge in [-0.2, -0.15) is 0 Å². The van der Waals surface area contributed by atoms with E-state index in [1.807, 2.05) is 0 Å². The molecule has 3 N–H and O–H groups in total. The Hall–Kier alpha value is -1.00. The molecule has 14 heavy (non-hydrogen) atoms. The van der Waals surface area contributed by atoms with Gasteiger partial charge in [-0.25, -0.2) is 0 Å². The Kier molecular flexibility index (Phi) is 3.98. The van der Waals surface area contributed by atoms with Crippen molar-refractivity contribution in [1.82, 2.24) is 15.6 Å². The number of amides is 1. The minimum Gasteiger partial charge on any atom is -0.367 e.